The monoisotopic (exact) mass is 255 g/mol. The van der Waals surface area contributed by atoms with Gasteiger partial charge in [0.15, 0.2) is 0 Å². The van der Waals surface area contributed by atoms with Gasteiger partial charge in [-0.15, -0.1) is 0 Å². The summed E-state index contributed by atoms with van der Waals surface area (Å²) in [5.74, 6) is 1.58. The van der Waals surface area contributed by atoms with Crippen LogP contribution >= 0.6 is 11.6 Å². The van der Waals surface area contributed by atoms with Crippen LogP contribution < -0.4 is 10.5 Å². The van der Waals surface area contributed by atoms with Gasteiger partial charge in [0, 0.05) is 11.1 Å². The van der Waals surface area contributed by atoms with E-state index in [4.69, 9.17) is 22.1 Å². The maximum Gasteiger partial charge on any atom is 0.119 e. The summed E-state index contributed by atoms with van der Waals surface area (Å²) in [6.45, 7) is 5.03. The molecule has 1 aromatic carbocycles. The molecule has 0 radical (unpaired) electrons. The zero-order chi connectivity index (χ0) is 12.7. The Morgan fingerprint density at radius 1 is 1.18 bits per heavy atom. The predicted octanol–water partition coefficient (Wildman–Crippen LogP) is 3.87. The average Bonchev–Trinajstić information content (AvgIpc) is 2.28. The minimum Gasteiger partial charge on any atom is -0.492 e. The van der Waals surface area contributed by atoms with Crippen LogP contribution in [0.5, 0.6) is 5.75 Å². The van der Waals surface area contributed by atoms with Gasteiger partial charge in [0.05, 0.1) is 0 Å². The zero-order valence-corrected chi connectivity index (χ0v) is 11.4. The van der Waals surface area contributed by atoms with Crippen molar-refractivity contribution in [3.63, 3.8) is 0 Å². The fourth-order valence-corrected chi connectivity index (χ4v) is 1.73. The highest BCUT2D eigenvalue weighted by Gasteiger charge is 2.04. The zero-order valence-electron chi connectivity index (χ0n) is 10.7. The number of halogens is 1. The molecule has 1 atom stereocenters. The van der Waals surface area contributed by atoms with Crippen LogP contribution in [0.15, 0.2) is 24.3 Å². The second kappa shape index (κ2) is 7.57. The Hall–Kier alpha value is -0.730. The molecule has 0 saturated heterocycles. The van der Waals surface area contributed by atoms with Crippen LogP contribution in [0.4, 0.5) is 0 Å². The van der Waals surface area contributed by atoms with Gasteiger partial charge in [-0.05, 0) is 36.6 Å². The van der Waals surface area contributed by atoms with E-state index in [0.29, 0.717) is 6.61 Å². The number of ether oxygens (including phenoxy) is 1. The van der Waals surface area contributed by atoms with Gasteiger partial charge in [0.25, 0.3) is 0 Å². The number of rotatable bonds is 7. The molecule has 0 aromatic heterocycles. The van der Waals surface area contributed by atoms with Crippen molar-refractivity contribution in [2.45, 2.75) is 39.2 Å². The third-order valence-electron chi connectivity index (χ3n) is 2.63. The average molecular weight is 256 g/mol. The topological polar surface area (TPSA) is 35.2 Å². The van der Waals surface area contributed by atoms with Crippen molar-refractivity contribution in [3.8, 4) is 5.75 Å². The van der Waals surface area contributed by atoms with Crippen molar-refractivity contribution < 1.29 is 4.74 Å². The Bertz CT molecular complexity index is 311. The van der Waals surface area contributed by atoms with Crippen molar-refractivity contribution >= 4 is 11.6 Å². The molecule has 17 heavy (non-hydrogen) atoms. The van der Waals surface area contributed by atoms with Gasteiger partial charge in [-0.25, -0.2) is 0 Å². The lowest BCUT2D eigenvalue weighted by molar-refractivity contribution is 0.277. The van der Waals surface area contributed by atoms with Crippen LogP contribution in [-0.4, -0.2) is 12.6 Å². The lowest BCUT2D eigenvalue weighted by Crippen LogP contribution is -2.27. The molecule has 0 saturated carbocycles. The van der Waals surface area contributed by atoms with Gasteiger partial charge < -0.3 is 10.5 Å². The van der Waals surface area contributed by atoms with Gasteiger partial charge in [-0.1, -0.05) is 38.3 Å². The van der Waals surface area contributed by atoms with E-state index >= 15 is 0 Å². The van der Waals surface area contributed by atoms with E-state index in [-0.39, 0.29) is 6.04 Å². The van der Waals surface area contributed by atoms with Crippen LogP contribution in [0.3, 0.4) is 0 Å². The van der Waals surface area contributed by atoms with Gasteiger partial charge in [0.2, 0.25) is 0 Å². The van der Waals surface area contributed by atoms with E-state index in [1.807, 2.05) is 24.3 Å². The molecule has 0 aliphatic heterocycles. The molecule has 0 spiro atoms. The summed E-state index contributed by atoms with van der Waals surface area (Å²) in [5.41, 5.74) is 5.99. The second-order valence-corrected chi connectivity index (χ2v) is 5.29. The third kappa shape index (κ3) is 6.54. The lowest BCUT2D eigenvalue weighted by atomic mass is 10.0. The molecule has 1 unspecified atom stereocenters. The molecule has 0 heterocycles. The van der Waals surface area contributed by atoms with Crippen molar-refractivity contribution in [3.05, 3.63) is 29.3 Å². The first-order valence-corrected chi connectivity index (χ1v) is 6.59. The summed E-state index contributed by atoms with van der Waals surface area (Å²) >= 11 is 5.79. The maximum absolute atomic E-state index is 5.99. The molecule has 3 heteroatoms. The van der Waals surface area contributed by atoms with Crippen molar-refractivity contribution in [1.82, 2.24) is 0 Å². The Balaban J connectivity index is 2.19. The minimum atomic E-state index is 0.115. The first-order chi connectivity index (χ1) is 8.08. The Morgan fingerprint density at radius 2 is 1.82 bits per heavy atom. The van der Waals surface area contributed by atoms with Crippen LogP contribution in [0.1, 0.15) is 33.1 Å². The van der Waals surface area contributed by atoms with Gasteiger partial charge in [0.1, 0.15) is 12.4 Å². The molecule has 96 valence electrons. The van der Waals surface area contributed by atoms with E-state index < -0.39 is 0 Å². The van der Waals surface area contributed by atoms with Crippen LogP contribution in [-0.2, 0) is 0 Å². The van der Waals surface area contributed by atoms with Crippen LogP contribution in [0, 0.1) is 5.92 Å². The highest BCUT2D eigenvalue weighted by atomic mass is 35.5. The molecule has 2 nitrogen and oxygen atoms in total. The molecule has 1 rings (SSSR count). The number of hydrogen-bond donors (Lipinski definition) is 1. The van der Waals surface area contributed by atoms with E-state index in [0.717, 1.165) is 23.1 Å². The summed E-state index contributed by atoms with van der Waals surface area (Å²) in [7, 11) is 0. The van der Waals surface area contributed by atoms with E-state index in [1.165, 1.54) is 12.8 Å². The van der Waals surface area contributed by atoms with Crippen LogP contribution in [0.2, 0.25) is 5.02 Å². The summed E-state index contributed by atoms with van der Waals surface area (Å²) in [6, 6.07) is 7.48. The highest BCUT2D eigenvalue weighted by Crippen LogP contribution is 2.16. The molecule has 0 amide bonds. The van der Waals surface area contributed by atoms with Crippen molar-refractivity contribution in [2.75, 3.05) is 6.61 Å². The van der Waals surface area contributed by atoms with Crippen molar-refractivity contribution in [1.29, 1.82) is 0 Å². The predicted molar refractivity (Wildman–Crippen MR) is 73.6 cm³/mol. The SMILES string of the molecule is CC(C)CCCC(N)COc1ccc(Cl)cc1. The highest BCUT2D eigenvalue weighted by molar-refractivity contribution is 6.30. The second-order valence-electron chi connectivity index (χ2n) is 4.85. The molecule has 1 aromatic rings. The number of benzene rings is 1. The third-order valence-corrected chi connectivity index (χ3v) is 2.89. The smallest absolute Gasteiger partial charge is 0.119 e. The van der Waals surface area contributed by atoms with E-state index in [2.05, 4.69) is 13.8 Å². The molecular formula is C14H22ClNO. The first kappa shape index (κ1) is 14.3. The summed E-state index contributed by atoms with van der Waals surface area (Å²) in [4.78, 5) is 0. The first-order valence-electron chi connectivity index (χ1n) is 6.22. The normalized spacial score (nSPS) is 12.8. The van der Waals surface area contributed by atoms with Gasteiger partial charge >= 0.3 is 0 Å². The quantitative estimate of drug-likeness (QED) is 0.803. The lowest BCUT2D eigenvalue weighted by Gasteiger charge is -2.13. The minimum absolute atomic E-state index is 0.115. The van der Waals surface area contributed by atoms with Crippen LogP contribution in [0.25, 0.3) is 0 Å². The van der Waals surface area contributed by atoms with E-state index in [9.17, 15) is 0 Å². The molecule has 0 fully saturated rings. The number of nitrogens with two attached hydrogens (primary N) is 1. The summed E-state index contributed by atoms with van der Waals surface area (Å²) in [6.07, 6.45) is 3.42. The number of hydrogen-bond acceptors (Lipinski definition) is 2. The van der Waals surface area contributed by atoms with Gasteiger partial charge in [-0.2, -0.15) is 0 Å². The van der Waals surface area contributed by atoms with Crippen molar-refractivity contribution in [2.24, 2.45) is 11.7 Å². The molecular weight excluding hydrogens is 234 g/mol. The van der Waals surface area contributed by atoms with Gasteiger partial charge in [-0.3, -0.25) is 0 Å². The Morgan fingerprint density at radius 3 is 2.41 bits per heavy atom. The standard InChI is InChI=1S/C14H22ClNO/c1-11(2)4-3-5-13(16)10-17-14-8-6-12(15)7-9-14/h6-9,11,13H,3-5,10,16H2,1-2H3. The summed E-state index contributed by atoms with van der Waals surface area (Å²) in [5, 5.41) is 0.721. The maximum atomic E-state index is 5.99. The molecule has 0 aliphatic carbocycles. The van der Waals surface area contributed by atoms with E-state index in [1.54, 1.807) is 0 Å². The fraction of sp³-hybridized carbons (Fsp3) is 0.571. The summed E-state index contributed by atoms with van der Waals surface area (Å²) < 4.78 is 5.60. The Labute approximate surface area is 109 Å². The Kier molecular flexibility index (Phi) is 6.38. The molecule has 2 N–H and O–H groups in total. The largest absolute Gasteiger partial charge is 0.492 e. The molecule has 0 bridgehead atoms. The fourth-order valence-electron chi connectivity index (χ4n) is 1.61. The molecule has 0 aliphatic rings.